The first-order valence-electron chi connectivity index (χ1n) is 4.90. The third-order valence-electron chi connectivity index (χ3n) is 2.16. The first kappa shape index (κ1) is 13.0. The summed E-state index contributed by atoms with van der Waals surface area (Å²) in [5, 5.41) is 3.20. The molecular weight excluding hydrogens is 272 g/mol. The lowest BCUT2D eigenvalue weighted by molar-refractivity contribution is -0.00000376. The average molecular weight is 286 g/mol. The van der Waals surface area contributed by atoms with Crippen molar-refractivity contribution >= 4 is 11.5 Å². The van der Waals surface area contributed by atoms with Gasteiger partial charge < -0.3 is 31.8 Å². The highest BCUT2D eigenvalue weighted by atomic mass is 79.9. The van der Waals surface area contributed by atoms with Crippen molar-refractivity contribution in [1.82, 2.24) is 0 Å². The summed E-state index contributed by atoms with van der Waals surface area (Å²) >= 11 is 0. The lowest BCUT2D eigenvalue weighted by atomic mass is 10.3. The van der Waals surface area contributed by atoms with Gasteiger partial charge in [0.2, 0.25) is 0 Å². The van der Waals surface area contributed by atoms with Crippen molar-refractivity contribution in [3.8, 4) is 5.75 Å². The van der Waals surface area contributed by atoms with E-state index in [1.165, 1.54) is 0 Å². The molecule has 0 aliphatic carbocycles. The molecule has 0 atom stereocenters. The van der Waals surface area contributed by atoms with Crippen LogP contribution in [0.25, 0.3) is 0 Å². The number of benzene rings is 1. The van der Waals surface area contributed by atoms with Gasteiger partial charge >= 0.3 is 0 Å². The monoisotopic (exact) mass is 285 g/mol. The summed E-state index contributed by atoms with van der Waals surface area (Å²) in [6.07, 6.45) is 0. The highest BCUT2D eigenvalue weighted by Crippen LogP contribution is 2.15. The molecule has 1 heterocycles. The topological polar surface area (TPSA) is 42.8 Å². The fourth-order valence-electron chi connectivity index (χ4n) is 1.38. The summed E-state index contributed by atoms with van der Waals surface area (Å²) in [6.45, 7) is 2.01. The Morgan fingerprint density at radius 1 is 1.31 bits per heavy atom. The van der Waals surface area contributed by atoms with Crippen molar-refractivity contribution in [3.63, 3.8) is 0 Å². The van der Waals surface area contributed by atoms with Crippen LogP contribution < -0.4 is 27.0 Å². The highest BCUT2D eigenvalue weighted by molar-refractivity contribution is 5.96. The molecule has 1 aliphatic rings. The van der Waals surface area contributed by atoms with Gasteiger partial charge in [0.15, 0.2) is 0 Å². The molecular formula is C11H14BrN2O2-. The van der Waals surface area contributed by atoms with Gasteiger partial charge in [-0.2, -0.15) is 0 Å². The molecule has 0 unspecified atom stereocenters. The average Bonchev–Trinajstić information content (AvgIpc) is 2.31. The molecule has 4 nitrogen and oxygen atoms in total. The van der Waals surface area contributed by atoms with E-state index in [2.05, 4.69) is 10.3 Å². The van der Waals surface area contributed by atoms with E-state index in [0.717, 1.165) is 23.8 Å². The van der Waals surface area contributed by atoms with Crippen molar-refractivity contribution in [2.75, 3.05) is 32.2 Å². The van der Waals surface area contributed by atoms with Crippen LogP contribution in [0.2, 0.25) is 0 Å². The normalized spacial score (nSPS) is 14.7. The molecule has 0 radical (unpaired) electrons. The third-order valence-corrected chi connectivity index (χ3v) is 2.16. The second-order valence-corrected chi connectivity index (χ2v) is 3.23. The molecule has 1 aromatic rings. The fourth-order valence-corrected chi connectivity index (χ4v) is 1.38. The summed E-state index contributed by atoms with van der Waals surface area (Å²) in [6, 6.07) is 7.73. The summed E-state index contributed by atoms with van der Waals surface area (Å²) in [5.41, 5.74) is 1.00. The van der Waals surface area contributed by atoms with Crippen LogP contribution in [0, 0.1) is 0 Å². The van der Waals surface area contributed by atoms with Gasteiger partial charge in [-0.1, -0.05) is 0 Å². The van der Waals surface area contributed by atoms with E-state index in [0.29, 0.717) is 13.2 Å². The standard InChI is InChI=1S/C11H14N2O2.BrH/c1-14-10-4-2-9(3-5-10)13-11-8-15-7-6-12-11;/h2-5H,6-8H2,1H3,(H,12,13);1H/p-1. The van der Waals surface area contributed by atoms with Gasteiger partial charge in [-0.15, -0.1) is 0 Å². The van der Waals surface area contributed by atoms with Gasteiger partial charge in [-0.05, 0) is 24.3 Å². The Morgan fingerprint density at radius 3 is 2.62 bits per heavy atom. The molecule has 2 rings (SSSR count). The molecule has 5 heteroatoms. The molecule has 0 spiro atoms. The molecule has 0 amide bonds. The minimum absolute atomic E-state index is 0. The lowest BCUT2D eigenvalue weighted by Gasteiger charge is -2.14. The summed E-state index contributed by atoms with van der Waals surface area (Å²) < 4.78 is 10.4. The Bertz CT molecular complexity index is 352. The summed E-state index contributed by atoms with van der Waals surface area (Å²) in [7, 11) is 1.65. The number of nitrogens with zero attached hydrogens (tertiary/aromatic N) is 1. The van der Waals surface area contributed by atoms with E-state index in [-0.39, 0.29) is 17.0 Å². The minimum Gasteiger partial charge on any atom is -1.00 e. The number of methoxy groups -OCH3 is 1. The summed E-state index contributed by atoms with van der Waals surface area (Å²) in [4.78, 5) is 4.32. The van der Waals surface area contributed by atoms with Crippen LogP contribution in [-0.2, 0) is 4.74 Å². The van der Waals surface area contributed by atoms with E-state index < -0.39 is 0 Å². The van der Waals surface area contributed by atoms with Crippen LogP contribution >= 0.6 is 0 Å². The van der Waals surface area contributed by atoms with Crippen molar-refractivity contribution in [1.29, 1.82) is 0 Å². The molecule has 1 aromatic carbocycles. The predicted octanol–water partition coefficient (Wildman–Crippen LogP) is -1.46. The Labute approximate surface area is 105 Å². The number of hydrogen-bond acceptors (Lipinski definition) is 4. The fraction of sp³-hybridized carbons (Fsp3) is 0.364. The second-order valence-electron chi connectivity index (χ2n) is 3.23. The van der Waals surface area contributed by atoms with E-state index in [4.69, 9.17) is 9.47 Å². The zero-order valence-corrected chi connectivity index (χ0v) is 10.7. The van der Waals surface area contributed by atoms with Crippen molar-refractivity contribution < 1.29 is 26.5 Å². The zero-order chi connectivity index (χ0) is 10.5. The van der Waals surface area contributed by atoms with Gasteiger partial charge in [-0.3, -0.25) is 4.99 Å². The lowest BCUT2D eigenvalue weighted by Crippen LogP contribution is -3.00. The molecule has 0 fully saturated rings. The van der Waals surface area contributed by atoms with Crippen LogP contribution in [-0.4, -0.2) is 32.7 Å². The Kier molecular flexibility index (Phi) is 5.28. The van der Waals surface area contributed by atoms with Gasteiger partial charge in [-0.25, -0.2) is 0 Å². The third kappa shape index (κ3) is 3.50. The quantitative estimate of drug-likeness (QED) is 0.722. The van der Waals surface area contributed by atoms with Gasteiger partial charge in [0, 0.05) is 5.69 Å². The van der Waals surface area contributed by atoms with Crippen molar-refractivity contribution in [3.05, 3.63) is 24.3 Å². The number of halogens is 1. The Balaban J connectivity index is 0.00000128. The van der Waals surface area contributed by atoms with Crippen LogP contribution in [0.3, 0.4) is 0 Å². The number of rotatable bonds is 2. The minimum atomic E-state index is 0. The van der Waals surface area contributed by atoms with Crippen LogP contribution in [0.1, 0.15) is 0 Å². The number of amidine groups is 1. The van der Waals surface area contributed by atoms with Crippen molar-refractivity contribution in [2.24, 2.45) is 4.99 Å². The Morgan fingerprint density at radius 2 is 2.06 bits per heavy atom. The predicted molar refractivity (Wildman–Crippen MR) is 59.7 cm³/mol. The highest BCUT2D eigenvalue weighted by Gasteiger charge is 2.04. The maximum Gasteiger partial charge on any atom is 0.127 e. The van der Waals surface area contributed by atoms with Crippen LogP contribution in [0.5, 0.6) is 5.75 Å². The van der Waals surface area contributed by atoms with Crippen LogP contribution in [0.4, 0.5) is 5.69 Å². The number of aliphatic imine (C=N–C) groups is 1. The maximum atomic E-state index is 5.28. The molecule has 16 heavy (non-hydrogen) atoms. The molecule has 88 valence electrons. The van der Waals surface area contributed by atoms with Crippen LogP contribution in [0.15, 0.2) is 29.3 Å². The summed E-state index contributed by atoms with van der Waals surface area (Å²) in [5.74, 6) is 1.73. The van der Waals surface area contributed by atoms with Crippen molar-refractivity contribution in [2.45, 2.75) is 0 Å². The number of ether oxygens (including phenoxy) is 2. The van der Waals surface area contributed by atoms with E-state index >= 15 is 0 Å². The molecule has 1 aliphatic heterocycles. The zero-order valence-electron chi connectivity index (χ0n) is 9.07. The Hall–Kier alpha value is -1.07. The van der Waals surface area contributed by atoms with Gasteiger partial charge in [0.1, 0.15) is 18.2 Å². The smallest absolute Gasteiger partial charge is 0.127 e. The molecule has 0 bridgehead atoms. The molecule has 0 saturated carbocycles. The number of nitrogens with one attached hydrogen (secondary N) is 1. The largest absolute Gasteiger partial charge is 1.00 e. The van der Waals surface area contributed by atoms with Gasteiger partial charge in [0.25, 0.3) is 0 Å². The van der Waals surface area contributed by atoms with E-state index in [9.17, 15) is 0 Å². The van der Waals surface area contributed by atoms with Gasteiger partial charge in [0.05, 0.1) is 20.3 Å². The SMILES string of the molecule is COc1ccc(NC2=NCCOC2)cc1.[Br-]. The molecule has 0 saturated heterocycles. The van der Waals surface area contributed by atoms with E-state index in [1.54, 1.807) is 7.11 Å². The molecule has 0 aromatic heterocycles. The number of anilines is 1. The van der Waals surface area contributed by atoms with E-state index in [1.807, 2.05) is 24.3 Å². The first-order chi connectivity index (χ1) is 7.38. The molecule has 1 N–H and O–H groups in total. The first-order valence-corrected chi connectivity index (χ1v) is 4.90. The second kappa shape index (κ2) is 6.50. The maximum absolute atomic E-state index is 5.28. The number of hydrogen-bond donors (Lipinski definition) is 1.